The first-order valence-electron chi connectivity index (χ1n) is 5.34. The highest BCUT2D eigenvalue weighted by Crippen LogP contribution is 2.35. The molecule has 0 amide bonds. The molecule has 0 spiro atoms. The van der Waals surface area contributed by atoms with Crippen LogP contribution in [0, 0.1) is 0 Å². The standard InChI is InChI=1S/C5H13O4P.C4H8O/c1-2-3-4-5-9-10(6,7)8;1-2-4-5-3-1/h2-5H2,1H3,(H2,6,7,8);1-4H2. The third kappa shape index (κ3) is 14.1. The van der Waals surface area contributed by atoms with Gasteiger partial charge in [0.2, 0.25) is 0 Å². The Balaban J connectivity index is 0.000000322. The molecule has 0 aromatic carbocycles. The molecule has 1 aliphatic rings. The molecule has 6 heteroatoms. The first-order valence-corrected chi connectivity index (χ1v) is 6.87. The van der Waals surface area contributed by atoms with Gasteiger partial charge in [0.25, 0.3) is 0 Å². The molecule has 1 rings (SSSR count). The number of rotatable bonds is 5. The summed E-state index contributed by atoms with van der Waals surface area (Å²) in [4.78, 5) is 16.4. The maximum Gasteiger partial charge on any atom is 0.469 e. The number of phosphoric acid groups is 1. The first kappa shape index (κ1) is 15.1. The van der Waals surface area contributed by atoms with Gasteiger partial charge < -0.3 is 14.5 Å². The third-order valence-electron chi connectivity index (χ3n) is 1.83. The van der Waals surface area contributed by atoms with Crippen LogP contribution < -0.4 is 0 Å². The molecule has 15 heavy (non-hydrogen) atoms. The highest BCUT2D eigenvalue weighted by molar-refractivity contribution is 7.46. The van der Waals surface area contributed by atoms with Crippen molar-refractivity contribution in [2.75, 3.05) is 19.8 Å². The van der Waals surface area contributed by atoms with E-state index >= 15 is 0 Å². The molecule has 92 valence electrons. The molecule has 0 unspecified atom stereocenters. The Morgan fingerprint density at radius 3 is 2.20 bits per heavy atom. The minimum Gasteiger partial charge on any atom is -0.381 e. The lowest BCUT2D eigenvalue weighted by atomic mass is 10.3. The van der Waals surface area contributed by atoms with Crippen LogP contribution in [0.1, 0.15) is 39.0 Å². The van der Waals surface area contributed by atoms with Gasteiger partial charge in [-0.1, -0.05) is 19.8 Å². The maximum absolute atomic E-state index is 10.1. The summed E-state index contributed by atoms with van der Waals surface area (Å²) >= 11 is 0. The number of ether oxygens (including phenoxy) is 1. The minimum absolute atomic E-state index is 0.151. The van der Waals surface area contributed by atoms with E-state index in [1.54, 1.807) is 0 Å². The fourth-order valence-electron chi connectivity index (χ4n) is 1.05. The van der Waals surface area contributed by atoms with Gasteiger partial charge in [-0.25, -0.2) is 4.57 Å². The van der Waals surface area contributed by atoms with Gasteiger partial charge in [0, 0.05) is 13.2 Å². The van der Waals surface area contributed by atoms with Crippen LogP contribution in [-0.4, -0.2) is 29.6 Å². The van der Waals surface area contributed by atoms with Crippen LogP contribution in [0.5, 0.6) is 0 Å². The molecule has 5 nitrogen and oxygen atoms in total. The Morgan fingerprint density at radius 2 is 1.87 bits per heavy atom. The molecule has 1 heterocycles. The van der Waals surface area contributed by atoms with E-state index in [1.807, 2.05) is 6.92 Å². The number of unbranched alkanes of at least 4 members (excludes halogenated alkanes) is 2. The average Bonchev–Trinajstić information content (AvgIpc) is 2.68. The molecule has 0 saturated carbocycles. The van der Waals surface area contributed by atoms with Gasteiger partial charge in [0.1, 0.15) is 0 Å². The second kappa shape index (κ2) is 9.31. The van der Waals surface area contributed by atoms with Gasteiger partial charge in [-0.05, 0) is 19.3 Å². The van der Waals surface area contributed by atoms with Gasteiger partial charge in [-0.15, -0.1) is 0 Å². The molecule has 1 aliphatic heterocycles. The quantitative estimate of drug-likeness (QED) is 0.568. The zero-order valence-electron chi connectivity index (χ0n) is 9.22. The fraction of sp³-hybridized carbons (Fsp3) is 1.00. The van der Waals surface area contributed by atoms with Crippen LogP contribution in [-0.2, 0) is 13.8 Å². The Bertz CT molecular complexity index is 168. The minimum atomic E-state index is -4.21. The van der Waals surface area contributed by atoms with E-state index in [-0.39, 0.29) is 6.61 Å². The predicted molar refractivity (Wildman–Crippen MR) is 57.6 cm³/mol. The molecule has 1 saturated heterocycles. The molecule has 1 fully saturated rings. The monoisotopic (exact) mass is 240 g/mol. The molecule has 0 bridgehead atoms. The van der Waals surface area contributed by atoms with Gasteiger partial charge in [-0.2, -0.15) is 0 Å². The average molecular weight is 240 g/mol. The third-order valence-corrected chi connectivity index (χ3v) is 2.35. The summed E-state index contributed by atoms with van der Waals surface area (Å²) in [6.45, 7) is 4.16. The van der Waals surface area contributed by atoms with Crippen molar-refractivity contribution in [3.05, 3.63) is 0 Å². The van der Waals surface area contributed by atoms with Crippen molar-refractivity contribution < 1.29 is 23.6 Å². The largest absolute Gasteiger partial charge is 0.469 e. The van der Waals surface area contributed by atoms with Gasteiger partial charge in [0.15, 0.2) is 0 Å². The van der Waals surface area contributed by atoms with Gasteiger partial charge in [-0.3, -0.25) is 4.52 Å². The van der Waals surface area contributed by atoms with Crippen molar-refractivity contribution in [3.8, 4) is 0 Å². The number of phosphoric ester groups is 1. The van der Waals surface area contributed by atoms with E-state index < -0.39 is 7.82 Å². The Hall–Kier alpha value is 0.0700. The van der Waals surface area contributed by atoms with E-state index in [0.29, 0.717) is 6.42 Å². The lowest BCUT2D eigenvalue weighted by molar-refractivity contribution is 0.193. The smallest absolute Gasteiger partial charge is 0.381 e. The molecule has 0 radical (unpaired) electrons. The molecule has 0 atom stereocenters. The van der Waals surface area contributed by atoms with Crippen LogP contribution in [0.2, 0.25) is 0 Å². The van der Waals surface area contributed by atoms with Crippen molar-refractivity contribution in [3.63, 3.8) is 0 Å². The van der Waals surface area contributed by atoms with Crippen molar-refractivity contribution in [1.29, 1.82) is 0 Å². The summed E-state index contributed by atoms with van der Waals surface area (Å²) in [7, 11) is -4.21. The van der Waals surface area contributed by atoms with Crippen molar-refractivity contribution in [1.82, 2.24) is 0 Å². The van der Waals surface area contributed by atoms with Crippen LogP contribution in [0.3, 0.4) is 0 Å². The highest BCUT2D eigenvalue weighted by Gasteiger charge is 2.11. The van der Waals surface area contributed by atoms with E-state index in [1.165, 1.54) is 12.8 Å². The SMILES string of the molecule is C1CCOC1.CCCCCOP(=O)(O)O. The summed E-state index contributed by atoms with van der Waals surface area (Å²) in [6, 6.07) is 0. The molecular formula is C9H21O5P. The van der Waals surface area contributed by atoms with E-state index in [4.69, 9.17) is 14.5 Å². The Kier molecular flexibility index (Phi) is 9.35. The maximum atomic E-state index is 10.1. The summed E-state index contributed by atoms with van der Waals surface area (Å²) in [5, 5.41) is 0. The molecule has 2 N–H and O–H groups in total. The Morgan fingerprint density at radius 1 is 1.27 bits per heavy atom. The van der Waals surface area contributed by atoms with Crippen molar-refractivity contribution >= 4 is 7.82 Å². The zero-order valence-corrected chi connectivity index (χ0v) is 10.1. The molecule has 0 aromatic rings. The van der Waals surface area contributed by atoms with Crippen LogP contribution in [0.25, 0.3) is 0 Å². The topological polar surface area (TPSA) is 76.0 Å². The van der Waals surface area contributed by atoms with E-state index in [9.17, 15) is 4.57 Å². The second-order valence-electron chi connectivity index (χ2n) is 3.35. The lowest BCUT2D eigenvalue weighted by Crippen LogP contribution is -1.91. The summed E-state index contributed by atoms with van der Waals surface area (Å²) in [6.07, 6.45) is 5.23. The fourth-order valence-corrected chi connectivity index (χ4v) is 1.41. The van der Waals surface area contributed by atoms with Gasteiger partial charge >= 0.3 is 7.82 Å². The molecule has 0 aromatic heterocycles. The van der Waals surface area contributed by atoms with Crippen molar-refractivity contribution in [2.45, 2.75) is 39.0 Å². The van der Waals surface area contributed by atoms with E-state index in [2.05, 4.69) is 4.52 Å². The van der Waals surface area contributed by atoms with Crippen molar-refractivity contribution in [2.24, 2.45) is 0 Å². The highest BCUT2D eigenvalue weighted by atomic mass is 31.2. The van der Waals surface area contributed by atoms with E-state index in [0.717, 1.165) is 26.1 Å². The normalized spacial score (nSPS) is 15.9. The summed E-state index contributed by atoms with van der Waals surface area (Å²) in [5.41, 5.74) is 0. The van der Waals surface area contributed by atoms with Crippen LogP contribution in [0.15, 0.2) is 0 Å². The molecule has 0 aliphatic carbocycles. The van der Waals surface area contributed by atoms with Gasteiger partial charge in [0.05, 0.1) is 6.61 Å². The second-order valence-corrected chi connectivity index (χ2v) is 4.59. The Labute approximate surface area is 91.0 Å². The van der Waals surface area contributed by atoms with Crippen LogP contribution in [0.4, 0.5) is 0 Å². The summed E-state index contributed by atoms with van der Waals surface area (Å²) < 4.78 is 19.2. The molecular weight excluding hydrogens is 219 g/mol. The summed E-state index contributed by atoms with van der Waals surface area (Å²) in [5.74, 6) is 0. The first-order chi connectivity index (χ1) is 7.06. The number of hydrogen-bond donors (Lipinski definition) is 2. The van der Waals surface area contributed by atoms with Crippen LogP contribution >= 0.6 is 7.82 Å². The number of hydrogen-bond acceptors (Lipinski definition) is 3. The zero-order chi connectivity index (χ0) is 11.6. The predicted octanol–water partition coefficient (Wildman–Crippen LogP) is 2.08. The lowest BCUT2D eigenvalue weighted by Gasteiger charge is -2.02.